The van der Waals surface area contributed by atoms with E-state index >= 15 is 0 Å². The van der Waals surface area contributed by atoms with Crippen molar-refractivity contribution in [1.29, 1.82) is 0 Å². The first-order chi connectivity index (χ1) is 12.1. The summed E-state index contributed by atoms with van der Waals surface area (Å²) in [4.78, 5) is 23.7. The third-order valence-electron chi connectivity index (χ3n) is 3.48. The van der Waals surface area contributed by atoms with Gasteiger partial charge in [-0.3, -0.25) is 4.68 Å². The van der Waals surface area contributed by atoms with E-state index in [0.29, 0.717) is 31.8 Å². The molecule has 0 bridgehead atoms. The number of aromatic nitrogens is 2. The quantitative estimate of drug-likeness (QED) is 0.744. The lowest BCUT2D eigenvalue weighted by Gasteiger charge is -2.09. The van der Waals surface area contributed by atoms with Gasteiger partial charge in [-0.1, -0.05) is 37.3 Å². The van der Waals surface area contributed by atoms with Crippen LogP contribution in [0.3, 0.4) is 0 Å². The number of ether oxygens (including phenoxy) is 2. The lowest BCUT2D eigenvalue weighted by Crippen LogP contribution is -2.29. The molecule has 0 aliphatic heterocycles. The Morgan fingerprint density at radius 2 is 1.92 bits per heavy atom. The van der Waals surface area contributed by atoms with E-state index in [2.05, 4.69) is 10.4 Å². The van der Waals surface area contributed by atoms with Crippen LogP contribution >= 0.6 is 0 Å². The molecule has 0 radical (unpaired) electrons. The topological polar surface area (TPSA) is 82.5 Å². The minimum atomic E-state index is -0.510. The molecule has 0 spiro atoms. The lowest BCUT2D eigenvalue weighted by molar-refractivity contribution is 0.0512. The number of rotatable bonds is 8. The predicted molar refractivity (Wildman–Crippen MR) is 92.2 cm³/mol. The Bertz CT molecular complexity index is 698. The van der Waals surface area contributed by atoms with Gasteiger partial charge in [0.15, 0.2) is 0 Å². The third-order valence-corrected chi connectivity index (χ3v) is 3.48. The van der Waals surface area contributed by atoms with Crippen LogP contribution in [0.2, 0.25) is 0 Å². The van der Waals surface area contributed by atoms with Gasteiger partial charge in [-0.15, -0.1) is 0 Å². The average Bonchev–Trinajstić information content (AvgIpc) is 3.04. The van der Waals surface area contributed by atoms with Gasteiger partial charge >= 0.3 is 12.1 Å². The second kappa shape index (κ2) is 9.46. The van der Waals surface area contributed by atoms with Gasteiger partial charge in [-0.2, -0.15) is 5.10 Å². The Hall–Kier alpha value is -2.83. The highest BCUT2D eigenvalue weighted by Crippen LogP contribution is 2.07. The molecule has 25 heavy (non-hydrogen) atoms. The summed E-state index contributed by atoms with van der Waals surface area (Å²) in [5.74, 6) is -0.415. The number of nitrogens with one attached hydrogen (secondary N) is 1. The number of nitrogens with zero attached hydrogens (tertiary/aromatic N) is 2. The normalized spacial score (nSPS) is 10.3. The summed E-state index contributed by atoms with van der Waals surface area (Å²) in [6.45, 7) is 4.88. The zero-order valence-corrected chi connectivity index (χ0v) is 14.5. The molecule has 1 amide bonds. The molecule has 0 saturated heterocycles. The Kier molecular flexibility index (Phi) is 7.00. The van der Waals surface area contributed by atoms with E-state index in [1.165, 1.54) is 0 Å². The average molecular weight is 345 g/mol. The van der Waals surface area contributed by atoms with Crippen LogP contribution in [0.4, 0.5) is 4.79 Å². The molecular weight excluding hydrogens is 322 g/mol. The number of carbonyl (C=O) groups is 2. The van der Waals surface area contributed by atoms with Crippen LogP contribution in [0.5, 0.6) is 0 Å². The van der Waals surface area contributed by atoms with Crippen molar-refractivity contribution in [3.63, 3.8) is 0 Å². The highest BCUT2D eigenvalue weighted by Gasteiger charge is 2.16. The van der Waals surface area contributed by atoms with E-state index in [-0.39, 0.29) is 6.61 Å². The fourth-order valence-corrected chi connectivity index (χ4v) is 2.22. The fraction of sp³-hybridized carbons (Fsp3) is 0.389. The lowest BCUT2D eigenvalue weighted by atomic mass is 10.2. The first-order valence-corrected chi connectivity index (χ1v) is 8.32. The van der Waals surface area contributed by atoms with Gasteiger partial charge in [0.1, 0.15) is 12.3 Å². The van der Waals surface area contributed by atoms with Crippen molar-refractivity contribution < 1.29 is 19.1 Å². The highest BCUT2D eigenvalue weighted by atomic mass is 16.5. The minimum absolute atomic E-state index is 0.211. The van der Waals surface area contributed by atoms with E-state index in [9.17, 15) is 9.59 Å². The number of esters is 1. The first-order valence-electron chi connectivity index (χ1n) is 8.32. The zero-order valence-electron chi connectivity index (χ0n) is 14.5. The third kappa shape index (κ3) is 5.63. The molecule has 1 aromatic carbocycles. The maximum Gasteiger partial charge on any atom is 0.407 e. The van der Waals surface area contributed by atoms with Gasteiger partial charge in [0, 0.05) is 6.54 Å². The molecule has 0 aliphatic rings. The van der Waals surface area contributed by atoms with E-state index in [0.717, 1.165) is 11.3 Å². The maximum atomic E-state index is 12.0. The van der Waals surface area contributed by atoms with E-state index in [1.54, 1.807) is 17.7 Å². The fourth-order valence-electron chi connectivity index (χ4n) is 2.22. The van der Waals surface area contributed by atoms with Crippen LogP contribution in [-0.4, -0.2) is 35.0 Å². The number of hydrogen-bond donors (Lipinski definition) is 1. The van der Waals surface area contributed by atoms with Crippen LogP contribution in [0.15, 0.2) is 36.4 Å². The van der Waals surface area contributed by atoms with Gasteiger partial charge in [0.2, 0.25) is 0 Å². The zero-order chi connectivity index (χ0) is 18.1. The SMILES string of the molecule is CCOC(=O)c1cc(CC)nn1CCNC(=O)OCc1ccccc1. The molecule has 0 saturated carbocycles. The molecule has 1 N–H and O–H groups in total. The number of amides is 1. The molecule has 1 aromatic heterocycles. The van der Waals surface area contributed by atoms with Crippen molar-refractivity contribution in [1.82, 2.24) is 15.1 Å². The summed E-state index contributed by atoms with van der Waals surface area (Å²) in [6.07, 6.45) is 0.204. The molecule has 7 nitrogen and oxygen atoms in total. The molecule has 2 rings (SSSR count). The molecule has 134 valence electrons. The smallest absolute Gasteiger partial charge is 0.407 e. The molecule has 0 atom stereocenters. The summed E-state index contributed by atoms with van der Waals surface area (Å²) in [6, 6.07) is 11.2. The van der Waals surface area contributed by atoms with Gasteiger partial charge in [-0.25, -0.2) is 9.59 Å². The van der Waals surface area contributed by atoms with Crippen molar-refractivity contribution in [3.8, 4) is 0 Å². The minimum Gasteiger partial charge on any atom is -0.461 e. The summed E-state index contributed by atoms with van der Waals surface area (Å²) in [5.41, 5.74) is 2.11. The monoisotopic (exact) mass is 345 g/mol. The van der Waals surface area contributed by atoms with Crippen LogP contribution < -0.4 is 5.32 Å². The molecule has 0 fully saturated rings. The number of alkyl carbamates (subject to hydrolysis) is 1. The molecule has 0 unspecified atom stereocenters. The van der Waals surface area contributed by atoms with Crippen LogP contribution in [0.25, 0.3) is 0 Å². The van der Waals surface area contributed by atoms with E-state index in [4.69, 9.17) is 9.47 Å². The molecule has 7 heteroatoms. The van der Waals surface area contributed by atoms with Crippen LogP contribution in [0.1, 0.15) is 35.6 Å². The molecule has 2 aromatic rings. The van der Waals surface area contributed by atoms with Gasteiger partial charge in [0.05, 0.1) is 18.8 Å². The Labute approximate surface area is 146 Å². The molecule has 1 heterocycles. The van der Waals surface area contributed by atoms with E-state index in [1.807, 2.05) is 37.3 Å². The standard InChI is InChI=1S/C18H23N3O4/c1-3-15-12-16(17(22)24-4-2)21(20-15)11-10-19-18(23)25-13-14-8-6-5-7-9-14/h5-9,12H,3-4,10-11,13H2,1-2H3,(H,19,23). The Balaban J connectivity index is 1.83. The summed E-state index contributed by atoms with van der Waals surface area (Å²) in [5, 5.41) is 7.00. The Morgan fingerprint density at radius 1 is 1.16 bits per heavy atom. The number of aryl methyl sites for hydroxylation is 1. The maximum absolute atomic E-state index is 12.0. The second-order valence-electron chi connectivity index (χ2n) is 5.31. The number of carbonyl (C=O) groups excluding carboxylic acids is 2. The highest BCUT2D eigenvalue weighted by molar-refractivity contribution is 5.87. The summed E-state index contributed by atoms with van der Waals surface area (Å²) in [7, 11) is 0. The number of benzene rings is 1. The van der Waals surface area contributed by atoms with Crippen molar-refractivity contribution in [2.24, 2.45) is 0 Å². The van der Waals surface area contributed by atoms with Crippen molar-refractivity contribution in [3.05, 3.63) is 53.3 Å². The summed E-state index contributed by atoms with van der Waals surface area (Å²) >= 11 is 0. The molecule has 0 aliphatic carbocycles. The largest absolute Gasteiger partial charge is 0.461 e. The van der Waals surface area contributed by atoms with Crippen LogP contribution in [-0.2, 0) is 29.0 Å². The van der Waals surface area contributed by atoms with Crippen molar-refractivity contribution in [2.75, 3.05) is 13.2 Å². The van der Waals surface area contributed by atoms with Gasteiger partial charge < -0.3 is 14.8 Å². The van der Waals surface area contributed by atoms with Crippen molar-refractivity contribution in [2.45, 2.75) is 33.4 Å². The van der Waals surface area contributed by atoms with Crippen molar-refractivity contribution >= 4 is 12.1 Å². The van der Waals surface area contributed by atoms with E-state index < -0.39 is 12.1 Å². The Morgan fingerprint density at radius 3 is 2.60 bits per heavy atom. The predicted octanol–water partition coefficient (Wildman–Crippen LogP) is 2.55. The summed E-state index contributed by atoms with van der Waals surface area (Å²) < 4.78 is 11.7. The van der Waals surface area contributed by atoms with Crippen LogP contribution in [0, 0.1) is 0 Å². The molecular formula is C18H23N3O4. The van der Waals surface area contributed by atoms with Gasteiger partial charge in [0.25, 0.3) is 0 Å². The second-order valence-corrected chi connectivity index (χ2v) is 5.31. The van der Waals surface area contributed by atoms with Gasteiger partial charge in [-0.05, 0) is 25.0 Å². The number of hydrogen-bond acceptors (Lipinski definition) is 5. The first kappa shape index (κ1) is 18.5.